The van der Waals surface area contributed by atoms with E-state index in [1.54, 1.807) is 22.7 Å². The predicted octanol–water partition coefficient (Wildman–Crippen LogP) is 12.6. The third kappa shape index (κ3) is 4.77. The van der Waals surface area contributed by atoms with Crippen molar-refractivity contribution in [3.63, 3.8) is 0 Å². The van der Waals surface area contributed by atoms with Crippen LogP contribution in [0.4, 0.5) is 0 Å². The van der Waals surface area contributed by atoms with Crippen LogP contribution in [0.1, 0.15) is 104 Å². The van der Waals surface area contributed by atoms with E-state index in [1.165, 1.54) is 86.2 Å². The zero-order valence-electron chi connectivity index (χ0n) is 27.4. The molecule has 0 N–H and O–H groups in total. The number of fused-ring (bicyclic) bond motifs is 1. The van der Waals surface area contributed by atoms with Crippen LogP contribution in [0, 0.1) is 55.4 Å². The van der Waals surface area contributed by atoms with E-state index in [1.807, 2.05) is 22.7 Å². The Morgan fingerprint density at radius 2 is 0.659 bits per heavy atom. The lowest BCUT2D eigenvalue weighted by Gasteiger charge is -2.02. The lowest BCUT2D eigenvalue weighted by Crippen LogP contribution is -1.96. The minimum atomic E-state index is 0.0582. The first-order valence-electron chi connectivity index (χ1n) is 15.0. The quantitative estimate of drug-likeness (QED) is 0.201. The van der Waals surface area contributed by atoms with Crippen LogP contribution in [0.25, 0.3) is 30.7 Å². The average molecular weight is 695 g/mol. The summed E-state index contributed by atoms with van der Waals surface area (Å²) in [6, 6.07) is 0. The molecule has 0 spiro atoms. The number of thiophene rings is 4. The smallest absolute Gasteiger partial charge is 0.226 e. The Kier molecular flexibility index (Phi) is 8.46. The van der Waals surface area contributed by atoms with Gasteiger partial charge in [0.25, 0.3) is 0 Å². The van der Waals surface area contributed by atoms with Crippen molar-refractivity contribution in [3.05, 3.63) is 73.8 Å². The molecule has 4 aromatic heterocycles. The summed E-state index contributed by atoms with van der Waals surface area (Å²) >= 11 is 9.74. The van der Waals surface area contributed by atoms with Crippen molar-refractivity contribution in [1.82, 2.24) is 0 Å². The highest BCUT2D eigenvalue weighted by molar-refractivity contribution is 8.25. The molecular weight excluding hydrogens is 657 g/mol. The molecule has 2 nitrogen and oxygen atoms in total. The molecule has 0 bridgehead atoms. The van der Waals surface area contributed by atoms with Crippen LogP contribution in [-0.4, -0.2) is 10.2 Å². The average Bonchev–Trinajstić information content (AvgIpc) is 3.75. The minimum absolute atomic E-state index is 0.0582. The van der Waals surface area contributed by atoms with Gasteiger partial charge in [0.1, 0.15) is 0 Å². The number of hydrogen-bond donors (Lipinski definition) is 0. The first-order chi connectivity index (χ1) is 20.6. The Labute approximate surface area is 286 Å². The maximum atomic E-state index is 13.8. The van der Waals surface area contributed by atoms with Gasteiger partial charge in [-0.25, -0.2) is 0 Å². The van der Waals surface area contributed by atoms with E-state index in [0.717, 1.165) is 41.8 Å². The molecule has 0 radical (unpaired) electrons. The van der Waals surface area contributed by atoms with Crippen LogP contribution in [0.5, 0.6) is 0 Å². The van der Waals surface area contributed by atoms with Crippen molar-refractivity contribution in [2.75, 3.05) is 0 Å². The van der Waals surface area contributed by atoms with E-state index >= 15 is 0 Å². The van der Waals surface area contributed by atoms with Crippen LogP contribution < -0.4 is 0 Å². The highest BCUT2D eigenvalue weighted by atomic mass is 32.2. The molecule has 4 aromatic rings. The van der Waals surface area contributed by atoms with E-state index < -0.39 is 0 Å². The third-order valence-corrected chi connectivity index (χ3v) is 17.9. The van der Waals surface area contributed by atoms with Crippen molar-refractivity contribution < 1.29 is 9.59 Å². The zero-order valence-corrected chi connectivity index (χ0v) is 32.3. The Bertz CT molecular complexity index is 1840. The number of thioether (sulfide) groups is 2. The molecule has 8 heteroatoms. The molecule has 44 heavy (non-hydrogen) atoms. The zero-order chi connectivity index (χ0) is 32.1. The van der Waals surface area contributed by atoms with Gasteiger partial charge in [-0.15, -0.1) is 45.3 Å². The number of carbonyl (C=O) groups excluding carboxylic acids is 2. The molecule has 0 aliphatic carbocycles. The molecule has 0 atom stereocenters. The number of carbonyl (C=O) groups is 2. The van der Waals surface area contributed by atoms with Gasteiger partial charge in [-0.2, -0.15) is 0 Å². The molecule has 2 aliphatic rings. The molecular formula is C36H38O2S6. The molecule has 0 fully saturated rings. The van der Waals surface area contributed by atoms with Gasteiger partial charge in [0, 0.05) is 48.8 Å². The van der Waals surface area contributed by atoms with Crippen molar-refractivity contribution >= 4 is 90.2 Å². The van der Waals surface area contributed by atoms with Crippen LogP contribution in [-0.2, 0) is 9.59 Å². The predicted molar refractivity (Wildman–Crippen MR) is 200 cm³/mol. The van der Waals surface area contributed by atoms with Gasteiger partial charge in [-0.05, 0) is 135 Å². The lowest BCUT2D eigenvalue weighted by atomic mass is 10.0. The molecule has 230 valence electrons. The Balaban J connectivity index is 1.49. The largest absolute Gasteiger partial charge is 0.281 e. The minimum Gasteiger partial charge on any atom is -0.281 e. The SMILES string of the molecule is Cc1c(C2=C3SC(=O)C(c4sc(-c5sc(C(C)C)c(C)c5C)c(C)c4C)=C3SC2=O)sc(-c2sc(C(C)C)c(C)c2C)c1C. The molecule has 0 unspecified atom stereocenters. The van der Waals surface area contributed by atoms with Gasteiger partial charge < -0.3 is 0 Å². The van der Waals surface area contributed by atoms with Crippen molar-refractivity contribution in [2.24, 2.45) is 0 Å². The Hall–Kier alpha value is -1.68. The van der Waals surface area contributed by atoms with Crippen LogP contribution in [0.2, 0.25) is 0 Å². The monoisotopic (exact) mass is 694 g/mol. The highest BCUT2D eigenvalue weighted by Crippen LogP contribution is 2.60. The summed E-state index contributed by atoms with van der Waals surface area (Å²) in [6.07, 6.45) is 0. The second kappa shape index (κ2) is 11.5. The van der Waals surface area contributed by atoms with Gasteiger partial charge >= 0.3 is 0 Å². The van der Waals surface area contributed by atoms with Crippen molar-refractivity contribution in [2.45, 2.75) is 94.9 Å². The fourth-order valence-electron chi connectivity index (χ4n) is 6.16. The summed E-state index contributed by atoms with van der Waals surface area (Å²) in [4.78, 5) is 39.3. The van der Waals surface area contributed by atoms with Crippen molar-refractivity contribution in [1.29, 1.82) is 0 Å². The van der Waals surface area contributed by atoms with Crippen LogP contribution in [0.15, 0.2) is 9.81 Å². The van der Waals surface area contributed by atoms with E-state index in [2.05, 4.69) is 83.1 Å². The fraction of sp³-hybridized carbons (Fsp3) is 0.389. The standard InChI is InChI=1S/C36H38O2S6/c1-13(2)25-15(5)19(9)29(39-25)31-21(11)17(7)27(41-31)23-33-34(44-35(23)37)24(36(38)43-33)28-18(8)22(12)32(42-28)30-20(10)16(6)26(40-30)14(3)4/h13-14H,1-12H3. The Morgan fingerprint density at radius 3 is 0.955 bits per heavy atom. The summed E-state index contributed by atoms with van der Waals surface area (Å²) in [5.41, 5.74) is 11.6. The summed E-state index contributed by atoms with van der Waals surface area (Å²) in [7, 11) is 0. The van der Waals surface area contributed by atoms with E-state index in [-0.39, 0.29) is 10.2 Å². The van der Waals surface area contributed by atoms with Gasteiger partial charge in [-0.3, -0.25) is 9.59 Å². The molecule has 0 saturated heterocycles. The summed E-state index contributed by atoms with van der Waals surface area (Å²) in [5.74, 6) is 0.959. The molecule has 0 saturated carbocycles. The van der Waals surface area contributed by atoms with E-state index in [0.29, 0.717) is 11.8 Å². The van der Waals surface area contributed by atoms with Crippen molar-refractivity contribution in [3.8, 4) is 19.5 Å². The molecule has 6 heterocycles. The first kappa shape index (κ1) is 32.3. The second-order valence-corrected chi connectivity index (χ2v) is 18.7. The van der Waals surface area contributed by atoms with Gasteiger partial charge in [0.05, 0.1) is 11.1 Å². The number of rotatable bonds is 6. The van der Waals surface area contributed by atoms with E-state index in [4.69, 9.17) is 0 Å². The van der Waals surface area contributed by atoms with E-state index in [9.17, 15) is 9.59 Å². The van der Waals surface area contributed by atoms with Crippen LogP contribution >= 0.6 is 68.9 Å². The van der Waals surface area contributed by atoms with Crippen LogP contribution in [0.3, 0.4) is 0 Å². The normalized spacial score (nSPS) is 15.4. The third-order valence-electron chi connectivity index (χ3n) is 9.24. The molecule has 2 aliphatic heterocycles. The summed E-state index contributed by atoms with van der Waals surface area (Å²) in [6.45, 7) is 26.6. The number of hydrogen-bond acceptors (Lipinski definition) is 8. The van der Waals surface area contributed by atoms with Gasteiger partial charge in [0.2, 0.25) is 10.2 Å². The molecule has 6 rings (SSSR count). The first-order valence-corrected chi connectivity index (χ1v) is 19.9. The molecule has 0 aromatic carbocycles. The maximum absolute atomic E-state index is 13.8. The fourth-order valence-corrected chi connectivity index (χ4v) is 14.6. The molecule has 0 amide bonds. The topological polar surface area (TPSA) is 34.1 Å². The van der Waals surface area contributed by atoms with Gasteiger partial charge in [0.15, 0.2) is 0 Å². The Morgan fingerprint density at radius 1 is 0.386 bits per heavy atom. The van der Waals surface area contributed by atoms with Gasteiger partial charge in [-0.1, -0.05) is 27.7 Å². The lowest BCUT2D eigenvalue weighted by molar-refractivity contribution is -0.106. The maximum Gasteiger partial charge on any atom is 0.226 e. The summed E-state index contributed by atoms with van der Waals surface area (Å²) in [5, 5.41) is 0.116. The highest BCUT2D eigenvalue weighted by Gasteiger charge is 2.43. The summed E-state index contributed by atoms with van der Waals surface area (Å²) < 4.78 is 0. The second-order valence-electron chi connectivity index (χ2n) is 12.6.